The number of hydrogen-bond donors (Lipinski definition) is 1. The molecule has 0 fully saturated rings. The van der Waals surface area contributed by atoms with E-state index in [0.717, 1.165) is 24.4 Å². The maximum atomic E-state index is 6.14. The van der Waals surface area contributed by atoms with Crippen LogP contribution < -0.4 is 10.1 Å². The third-order valence-corrected chi connectivity index (χ3v) is 2.97. The predicted molar refractivity (Wildman–Crippen MR) is 77.4 cm³/mol. The number of aromatic nitrogens is 1. The van der Waals surface area contributed by atoms with E-state index in [1.165, 1.54) is 5.56 Å². The van der Waals surface area contributed by atoms with Crippen molar-refractivity contribution in [2.75, 3.05) is 6.61 Å². The van der Waals surface area contributed by atoms with Crippen molar-refractivity contribution in [1.82, 2.24) is 10.3 Å². The second-order valence-corrected chi connectivity index (χ2v) is 4.57. The lowest BCUT2D eigenvalue weighted by atomic mass is 10.2. The lowest BCUT2D eigenvalue weighted by molar-refractivity contribution is 0.340. The Balaban J connectivity index is 1.88. The summed E-state index contributed by atoms with van der Waals surface area (Å²) in [6.07, 6.45) is 3.63. The van der Waals surface area contributed by atoms with E-state index in [2.05, 4.69) is 10.3 Å². The molecule has 2 aromatic rings. The van der Waals surface area contributed by atoms with E-state index in [9.17, 15) is 0 Å². The van der Waals surface area contributed by atoms with E-state index < -0.39 is 0 Å². The molecule has 4 heteroatoms. The van der Waals surface area contributed by atoms with E-state index in [4.69, 9.17) is 16.3 Å². The van der Waals surface area contributed by atoms with E-state index in [1.54, 1.807) is 6.20 Å². The molecule has 2 rings (SSSR count). The molecule has 0 saturated heterocycles. The summed E-state index contributed by atoms with van der Waals surface area (Å²) >= 11 is 6.14. The first-order chi connectivity index (χ1) is 9.29. The average Bonchev–Trinajstić information content (AvgIpc) is 2.43. The zero-order valence-corrected chi connectivity index (χ0v) is 11.7. The van der Waals surface area contributed by atoms with Gasteiger partial charge in [-0.15, -0.1) is 0 Å². The molecule has 0 aliphatic rings. The monoisotopic (exact) mass is 276 g/mol. The summed E-state index contributed by atoms with van der Waals surface area (Å²) in [6, 6.07) is 9.85. The van der Waals surface area contributed by atoms with Crippen LogP contribution in [0.2, 0.25) is 5.02 Å². The third-order valence-electron chi connectivity index (χ3n) is 2.68. The minimum Gasteiger partial charge on any atom is -0.492 e. The van der Waals surface area contributed by atoms with Gasteiger partial charge in [0.25, 0.3) is 0 Å². The Bertz CT molecular complexity index is 517. The summed E-state index contributed by atoms with van der Waals surface area (Å²) < 4.78 is 5.40. The molecule has 0 atom stereocenters. The van der Waals surface area contributed by atoms with Crippen LogP contribution in [0.5, 0.6) is 5.75 Å². The molecular formula is C15H17ClN2O. The number of rotatable bonds is 6. The summed E-state index contributed by atoms with van der Waals surface area (Å²) in [5.74, 6) is 0.736. The summed E-state index contributed by atoms with van der Waals surface area (Å²) in [6.45, 7) is 4.12. The molecule has 1 aromatic heterocycles. The quantitative estimate of drug-likeness (QED) is 0.878. The second kappa shape index (κ2) is 7.12. The highest BCUT2D eigenvalue weighted by Gasteiger charge is 2.02. The molecule has 0 bridgehead atoms. The van der Waals surface area contributed by atoms with Crippen molar-refractivity contribution in [1.29, 1.82) is 0 Å². The van der Waals surface area contributed by atoms with Crippen molar-refractivity contribution in [2.45, 2.75) is 20.0 Å². The molecule has 0 aliphatic heterocycles. The number of halogens is 1. The third kappa shape index (κ3) is 4.23. The minimum atomic E-state index is 0.623. The summed E-state index contributed by atoms with van der Waals surface area (Å²) in [4.78, 5) is 4.08. The van der Waals surface area contributed by atoms with Crippen LogP contribution in [0.1, 0.15) is 18.1 Å². The zero-order chi connectivity index (χ0) is 13.5. The van der Waals surface area contributed by atoms with Gasteiger partial charge in [-0.05, 0) is 36.2 Å². The number of benzene rings is 1. The topological polar surface area (TPSA) is 34.1 Å². The molecule has 0 aliphatic carbocycles. The molecule has 1 heterocycles. The van der Waals surface area contributed by atoms with Gasteiger partial charge in [-0.3, -0.25) is 4.98 Å². The Kier molecular flexibility index (Phi) is 5.19. The first-order valence-corrected chi connectivity index (χ1v) is 6.68. The molecular weight excluding hydrogens is 260 g/mol. The van der Waals surface area contributed by atoms with E-state index in [-0.39, 0.29) is 0 Å². The number of hydrogen-bond acceptors (Lipinski definition) is 3. The van der Waals surface area contributed by atoms with Gasteiger partial charge in [0.15, 0.2) is 0 Å². The van der Waals surface area contributed by atoms with Crippen LogP contribution in [0.25, 0.3) is 0 Å². The van der Waals surface area contributed by atoms with Crippen LogP contribution in [0, 0.1) is 0 Å². The first kappa shape index (κ1) is 13.8. The van der Waals surface area contributed by atoms with Gasteiger partial charge in [0.1, 0.15) is 5.75 Å². The average molecular weight is 277 g/mol. The zero-order valence-electron chi connectivity index (χ0n) is 10.9. The molecule has 3 nitrogen and oxygen atoms in total. The number of nitrogens with one attached hydrogen (secondary N) is 1. The van der Waals surface area contributed by atoms with Crippen molar-refractivity contribution >= 4 is 11.6 Å². The lowest BCUT2D eigenvalue weighted by Crippen LogP contribution is -2.12. The van der Waals surface area contributed by atoms with Crippen LogP contribution in [0.4, 0.5) is 0 Å². The van der Waals surface area contributed by atoms with Crippen LogP contribution in [-0.4, -0.2) is 11.6 Å². The smallest absolute Gasteiger partial charge is 0.137 e. The maximum Gasteiger partial charge on any atom is 0.137 e. The van der Waals surface area contributed by atoms with Gasteiger partial charge in [-0.2, -0.15) is 0 Å². The Hall–Kier alpha value is -1.58. The standard InChI is InChI=1S/C15H17ClN2O/c1-2-19-15-6-5-12(8-14(15)16)9-18-11-13-4-3-7-17-10-13/h3-8,10,18H,2,9,11H2,1H3. The highest BCUT2D eigenvalue weighted by Crippen LogP contribution is 2.25. The van der Waals surface area contributed by atoms with Crippen molar-refractivity contribution < 1.29 is 4.74 Å². The molecule has 0 unspecified atom stereocenters. The molecule has 100 valence electrons. The van der Waals surface area contributed by atoms with E-state index >= 15 is 0 Å². The van der Waals surface area contributed by atoms with Crippen molar-refractivity contribution in [3.05, 3.63) is 58.9 Å². The number of nitrogens with zero attached hydrogens (tertiary/aromatic N) is 1. The molecule has 1 aromatic carbocycles. The van der Waals surface area contributed by atoms with Crippen LogP contribution in [0.15, 0.2) is 42.7 Å². The van der Waals surface area contributed by atoms with Gasteiger partial charge in [-0.25, -0.2) is 0 Å². The van der Waals surface area contributed by atoms with Crippen LogP contribution >= 0.6 is 11.6 Å². The van der Waals surface area contributed by atoms with Gasteiger partial charge in [-0.1, -0.05) is 23.7 Å². The van der Waals surface area contributed by atoms with Crippen molar-refractivity contribution in [3.63, 3.8) is 0 Å². The van der Waals surface area contributed by atoms with Gasteiger partial charge >= 0.3 is 0 Å². The number of pyridine rings is 1. The molecule has 0 amide bonds. The molecule has 1 N–H and O–H groups in total. The first-order valence-electron chi connectivity index (χ1n) is 6.30. The minimum absolute atomic E-state index is 0.623. The Morgan fingerprint density at radius 2 is 2.05 bits per heavy atom. The number of ether oxygens (including phenoxy) is 1. The van der Waals surface area contributed by atoms with E-state index in [0.29, 0.717) is 11.6 Å². The van der Waals surface area contributed by atoms with Crippen LogP contribution in [-0.2, 0) is 13.1 Å². The fourth-order valence-corrected chi connectivity index (χ4v) is 2.04. The molecule has 19 heavy (non-hydrogen) atoms. The van der Waals surface area contributed by atoms with Gasteiger partial charge in [0.2, 0.25) is 0 Å². The van der Waals surface area contributed by atoms with Crippen molar-refractivity contribution in [3.8, 4) is 5.75 Å². The fourth-order valence-electron chi connectivity index (χ4n) is 1.78. The lowest BCUT2D eigenvalue weighted by Gasteiger charge is -2.08. The van der Waals surface area contributed by atoms with Gasteiger partial charge in [0.05, 0.1) is 11.6 Å². The van der Waals surface area contributed by atoms with Gasteiger partial charge in [0, 0.05) is 25.5 Å². The Morgan fingerprint density at radius 3 is 2.74 bits per heavy atom. The maximum absolute atomic E-state index is 6.14. The second-order valence-electron chi connectivity index (χ2n) is 4.16. The molecule has 0 spiro atoms. The van der Waals surface area contributed by atoms with Crippen molar-refractivity contribution in [2.24, 2.45) is 0 Å². The molecule has 0 radical (unpaired) electrons. The summed E-state index contributed by atoms with van der Waals surface area (Å²) in [7, 11) is 0. The highest BCUT2D eigenvalue weighted by molar-refractivity contribution is 6.32. The van der Waals surface area contributed by atoms with E-state index in [1.807, 2.05) is 43.5 Å². The van der Waals surface area contributed by atoms with Crippen LogP contribution in [0.3, 0.4) is 0 Å². The predicted octanol–water partition coefficient (Wildman–Crippen LogP) is 3.42. The largest absolute Gasteiger partial charge is 0.492 e. The Morgan fingerprint density at radius 1 is 1.21 bits per heavy atom. The molecule has 0 saturated carbocycles. The summed E-state index contributed by atoms with van der Waals surface area (Å²) in [5.41, 5.74) is 2.30. The highest BCUT2D eigenvalue weighted by atomic mass is 35.5. The fraction of sp³-hybridized carbons (Fsp3) is 0.267. The normalized spacial score (nSPS) is 10.4. The summed E-state index contributed by atoms with van der Waals surface area (Å²) in [5, 5.41) is 4.01. The Labute approximate surface area is 118 Å². The van der Waals surface area contributed by atoms with Gasteiger partial charge < -0.3 is 10.1 Å². The SMILES string of the molecule is CCOc1ccc(CNCc2cccnc2)cc1Cl.